The van der Waals surface area contributed by atoms with Crippen molar-refractivity contribution in [3.63, 3.8) is 0 Å². The molecule has 0 spiro atoms. The highest BCUT2D eigenvalue weighted by atomic mass is 19.1. The summed E-state index contributed by atoms with van der Waals surface area (Å²) in [6.07, 6.45) is 0.727. The molecule has 6 heteroatoms. The first-order valence-electron chi connectivity index (χ1n) is 7.09. The summed E-state index contributed by atoms with van der Waals surface area (Å²) in [5, 5.41) is 11.4. The lowest BCUT2D eigenvalue weighted by atomic mass is 10.0. The number of hydrogen-bond donors (Lipinski definition) is 2. The minimum Gasteiger partial charge on any atom is -0.492 e. The Morgan fingerprint density at radius 1 is 1.35 bits per heavy atom. The van der Waals surface area contributed by atoms with E-state index in [2.05, 4.69) is 5.32 Å². The number of nitriles is 1. The van der Waals surface area contributed by atoms with Gasteiger partial charge in [0.15, 0.2) is 0 Å². The first-order valence-corrected chi connectivity index (χ1v) is 7.09. The number of halogens is 1. The molecule has 0 radical (unpaired) electrons. The molecular formula is C17H14FN3O2. The molecule has 23 heavy (non-hydrogen) atoms. The van der Waals surface area contributed by atoms with Crippen LogP contribution in [-0.4, -0.2) is 18.6 Å². The van der Waals surface area contributed by atoms with E-state index in [1.807, 2.05) is 6.07 Å². The Morgan fingerprint density at radius 3 is 2.91 bits per heavy atom. The zero-order valence-electron chi connectivity index (χ0n) is 12.2. The van der Waals surface area contributed by atoms with Gasteiger partial charge in [0.05, 0.1) is 5.56 Å². The molecule has 1 heterocycles. The number of amides is 1. The average molecular weight is 311 g/mol. The quantitative estimate of drug-likeness (QED) is 0.890. The van der Waals surface area contributed by atoms with Crippen molar-refractivity contribution < 1.29 is 13.9 Å². The van der Waals surface area contributed by atoms with Crippen molar-refractivity contribution in [3.05, 3.63) is 58.9 Å². The highest BCUT2D eigenvalue weighted by molar-refractivity contribution is 6.04. The van der Waals surface area contributed by atoms with Crippen LogP contribution in [0.3, 0.4) is 0 Å². The number of fused-ring (bicyclic) bond motifs is 1. The van der Waals surface area contributed by atoms with E-state index in [0.29, 0.717) is 18.0 Å². The van der Waals surface area contributed by atoms with Gasteiger partial charge in [-0.2, -0.15) is 5.26 Å². The van der Waals surface area contributed by atoms with Gasteiger partial charge in [-0.15, -0.1) is 0 Å². The highest BCUT2D eigenvalue weighted by Gasteiger charge is 2.17. The minimum absolute atomic E-state index is 0.0236. The summed E-state index contributed by atoms with van der Waals surface area (Å²) < 4.78 is 19.1. The summed E-state index contributed by atoms with van der Waals surface area (Å²) in [5.41, 5.74) is 7.41. The van der Waals surface area contributed by atoms with E-state index >= 15 is 0 Å². The molecule has 116 valence electrons. The molecule has 3 N–H and O–H groups in total. The Labute approximate surface area is 132 Å². The van der Waals surface area contributed by atoms with Crippen LogP contribution in [0.4, 0.5) is 10.1 Å². The normalized spacial score (nSPS) is 16.0. The predicted molar refractivity (Wildman–Crippen MR) is 82.7 cm³/mol. The number of nitrogens with two attached hydrogens (primary N) is 1. The Bertz CT molecular complexity index is 814. The van der Waals surface area contributed by atoms with E-state index in [4.69, 9.17) is 15.7 Å². The van der Waals surface area contributed by atoms with Crippen LogP contribution in [0.5, 0.6) is 5.75 Å². The third-order valence-electron chi connectivity index (χ3n) is 3.61. The number of hydrogen-bond acceptors (Lipinski definition) is 4. The molecule has 0 saturated carbocycles. The molecule has 1 atom stereocenters. The molecule has 0 aromatic heterocycles. The largest absolute Gasteiger partial charge is 0.492 e. The van der Waals surface area contributed by atoms with Gasteiger partial charge in [-0.05, 0) is 36.2 Å². The molecule has 0 saturated heterocycles. The number of nitrogens with zero attached hydrogens (tertiary/aromatic N) is 1. The summed E-state index contributed by atoms with van der Waals surface area (Å²) in [5.74, 6) is -0.487. The topological polar surface area (TPSA) is 88.1 Å². The Balaban J connectivity index is 1.78. The van der Waals surface area contributed by atoms with Crippen molar-refractivity contribution in [1.82, 2.24) is 0 Å². The second-order valence-electron chi connectivity index (χ2n) is 5.36. The predicted octanol–water partition coefficient (Wildman–Crippen LogP) is 2.21. The lowest BCUT2D eigenvalue weighted by Crippen LogP contribution is -2.33. The first-order chi connectivity index (χ1) is 11.1. The average Bonchev–Trinajstić information content (AvgIpc) is 2.55. The zero-order valence-corrected chi connectivity index (χ0v) is 12.2. The number of benzene rings is 2. The summed E-state index contributed by atoms with van der Waals surface area (Å²) in [7, 11) is 0. The summed E-state index contributed by atoms with van der Waals surface area (Å²) in [6, 6.07) is 10.7. The first kappa shape index (κ1) is 15.0. The van der Waals surface area contributed by atoms with Gasteiger partial charge >= 0.3 is 0 Å². The van der Waals surface area contributed by atoms with Crippen molar-refractivity contribution >= 4 is 11.6 Å². The lowest BCUT2D eigenvalue weighted by molar-refractivity contribution is 0.102. The highest BCUT2D eigenvalue weighted by Crippen LogP contribution is 2.28. The van der Waals surface area contributed by atoms with Gasteiger partial charge in [0.1, 0.15) is 24.2 Å². The summed E-state index contributed by atoms with van der Waals surface area (Å²) in [6.45, 7) is 0.436. The van der Waals surface area contributed by atoms with Crippen molar-refractivity contribution in [2.24, 2.45) is 5.73 Å². The Hall–Kier alpha value is -2.91. The molecule has 2 aromatic carbocycles. The SMILES string of the molecule is N#Cc1ccc(C(=O)Nc2ccc3c(c2)OCC(N)C3)cc1F. The zero-order chi connectivity index (χ0) is 16.4. The maximum absolute atomic E-state index is 13.6. The summed E-state index contributed by atoms with van der Waals surface area (Å²) >= 11 is 0. The van der Waals surface area contributed by atoms with Crippen LogP contribution < -0.4 is 15.8 Å². The molecule has 5 nitrogen and oxygen atoms in total. The third kappa shape index (κ3) is 3.15. The van der Waals surface area contributed by atoms with Crippen LogP contribution >= 0.6 is 0 Å². The van der Waals surface area contributed by atoms with E-state index in [9.17, 15) is 9.18 Å². The number of anilines is 1. The molecule has 1 amide bonds. The molecule has 1 unspecified atom stereocenters. The number of carbonyl (C=O) groups excluding carboxylic acids is 1. The van der Waals surface area contributed by atoms with E-state index in [1.54, 1.807) is 18.2 Å². The van der Waals surface area contributed by atoms with Crippen molar-refractivity contribution in [1.29, 1.82) is 5.26 Å². The van der Waals surface area contributed by atoms with E-state index in [1.165, 1.54) is 12.1 Å². The van der Waals surface area contributed by atoms with Crippen LogP contribution in [0.25, 0.3) is 0 Å². The maximum atomic E-state index is 13.6. The minimum atomic E-state index is -0.720. The monoisotopic (exact) mass is 311 g/mol. The molecule has 3 rings (SSSR count). The van der Waals surface area contributed by atoms with Crippen LogP contribution in [0.1, 0.15) is 21.5 Å². The molecule has 0 aliphatic carbocycles. The van der Waals surface area contributed by atoms with Crippen LogP contribution in [0.2, 0.25) is 0 Å². The van der Waals surface area contributed by atoms with Crippen LogP contribution in [-0.2, 0) is 6.42 Å². The van der Waals surface area contributed by atoms with Gasteiger partial charge in [0.2, 0.25) is 0 Å². The maximum Gasteiger partial charge on any atom is 0.255 e. The fourth-order valence-corrected chi connectivity index (χ4v) is 2.42. The van der Waals surface area contributed by atoms with Gasteiger partial charge in [-0.3, -0.25) is 4.79 Å². The molecule has 1 aliphatic heterocycles. The number of nitrogens with one attached hydrogen (secondary N) is 1. The molecule has 0 bridgehead atoms. The van der Waals surface area contributed by atoms with Crippen molar-refractivity contribution in [3.8, 4) is 11.8 Å². The van der Waals surface area contributed by atoms with Crippen molar-refractivity contribution in [2.75, 3.05) is 11.9 Å². The standard InChI is InChI=1S/C17H14FN3O2/c18-15-6-11(1-2-12(15)8-19)17(22)21-14-4-3-10-5-13(20)9-23-16(10)7-14/h1-4,6-7,13H,5,9,20H2,(H,21,22). The fourth-order valence-electron chi connectivity index (χ4n) is 2.42. The van der Waals surface area contributed by atoms with E-state index in [-0.39, 0.29) is 17.2 Å². The fraction of sp³-hybridized carbons (Fsp3) is 0.176. The molecule has 0 fully saturated rings. The van der Waals surface area contributed by atoms with Crippen LogP contribution in [0.15, 0.2) is 36.4 Å². The van der Waals surface area contributed by atoms with Gasteiger partial charge in [0.25, 0.3) is 5.91 Å². The number of carbonyl (C=O) groups is 1. The number of rotatable bonds is 2. The smallest absolute Gasteiger partial charge is 0.255 e. The molecular weight excluding hydrogens is 297 g/mol. The lowest BCUT2D eigenvalue weighted by Gasteiger charge is -2.23. The molecule has 2 aromatic rings. The third-order valence-corrected chi connectivity index (χ3v) is 3.61. The van der Waals surface area contributed by atoms with Gasteiger partial charge in [-0.1, -0.05) is 6.07 Å². The van der Waals surface area contributed by atoms with Gasteiger partial charge in [-0.25, -0.2) is 4.39 Å². The summed E-state index contributed by atoms with van der Waals surface area (Å²) in [4.78, 5) is 12.2. The van der Waals surface area contributed by atoms with E-state index < -0.39 is 11.7 Å². The van der Waals surface area contributed by atoms with Crippen molar-refractivity contribution in [2.45, 2.75) is 12.5 Å². The van der Waals surface area contributed by atoms with E-state index in [0.717, 1.165) is 18.1 Å². The van der Waals surface area contributed by atoms with Crippen LogP contribution in [0, 0.1) is 17.1 Å². The molecule has 1 aliphatic rings. The second-order valence-corrected chi connectivity index (χ2v) is 5.36. The Morgan fingerprint density at radius 2 is 2.17 bits per heavy atom. The second kappa shape index (κ2) is 6.07. The Kier molecular flexibility index (Phi) is 3.96. The van der Waals surface area contributed by atoms with Gasteiger partial charge in [0, 0.05) is 23.4 Å². The number of ether oxygens (including phenoxy) is 1. The van der Waals surface area contributed by atoms with Gasteiger partial charge < -0.3 is 15.8 Å².